The Morgan fingerprint density at radius 2 is 0.978 bits per heavy atom. The molecule has 212 valence electrons. The summed E-state index contributed by atoms with van der Waals surface area (Å²) in [5.41, 5.74) is 8.40. The molecule has 7 aromatic carbocycles. The van der Waals surface area contributed by atoms with E-state index < -0.39 is 0 Å². The van der Waals surface area contributed by atoms with Gasteiger partial charge in [-0.15, -0.1) is 0 Å². The molecule has 0 fully saturated rings. The normalized spacial score (nSPS) is 13.3. The minimum atomic E-state index is -0.0233. The molecule has 1 aromatic heterocycles. The molecule has 0 bridgehead atoms. The summed E-state index contributed by atoms with van der Waals surface area (Å²) in [6.07, 6.45) is 0. The molecule has 9 rings (SSSR count). The van der Waals surface area contributed by atoms with Gasteiger partial charge < -0.3 is 0 Å². The molecule has 0 aliphatic heterocycles. The van der Waals surface area contributed by atoms with E-state index >= 15 is 0 Å². The molecule has 0 saturated carbocycles. The van der Waals surface area contributed by atoms with Crippen LogP contribution in [-0.2, 0) is 5.41 Å². The molecule has 0 N–H and O–H groups in total. The molecule has 1 aliphatic rings. The van der Waals surface area contributed by atoms with Crippen LogP contribution in [0, 0.1) is 0 Å². The summed E-state index contributed by atoms with van der Waals surface area (Å²) < 4.78 is 0. The lowest BCUT2D eigenvalue weighted by molar-refractivity contribution is 0.661. The van der Waals surface area contributed by atoms with E-state index in [1.54, 1.807) is 0 Å². The molecule has 0 spiro atoms. The highest BCUT2D eigenvalue weighted by molar-refractivity contribution is 6.23. The molecule has 45 heavy (non-hydrogen) atoms. The van der Waals surface area contributed by atoms with Gasteiger partial charge in [0.1, 0.15) is 0 Å². The Balaban J connectivity index is 1.25. The summed E-state index contributed by atoms with van der Waals surface area (Å²) in [6, 6.07) is 49.5. The molecule has 3 heteroatoms. The zero-order chi connectivity index (χ0) is 30.1. The second kappa shape index (κ2) is 9.67. The maximum Gasteiger partial charge on any atom is 0.164 e. The monoisotopic (exact) mass is 575 g/mol. The van der Waals surface area contributed by atoms with Crippen LogP contribution in [-0.4, -0.2) is 15.0 Å². The summed E-state index contributed by atoms with van der Waals surface area (Å²) in [4.78, 5) is 14.8. The van der Waals surface area contributed by atoms with Crippen molar-refractivity contribution >= 4 is 32.3 Å². The minimum absolute atomic E-state index is 0.0233. The molecule has 8 aromatic rings. The van der Waals surface area contributed by atoms with Crippen LogP contribution in [0.2, 0.25) is 0 Å². The summed E-state index contributed by atoms with van der Waals surface area (Å²) in [7, 11) is 0. The van der Waals surface area contributed by atoms with Crippen molar-refractivity contribution in [3.63, 3.8) is 0 Å². The quantitative estimate of drug-likeness (QED) is 0.197. The Hall–Kier alpha value is -5.67. The average molecular weight is 576 g/mol. The lowest BCUT2D eigenvalue weighted by Crippen LogP contribution is -2.14. The van der Waals surface area contributed by atoms with E-state index in [-0.39, 0.29) is 5.41 Å². The first kappa shape index (κ1) is 25.8. The standard InChI is InChI=1S/C42H29N3/c1-42(2)35-16-10-9-15-34(35)38-33-22-19-26-17-18-29-25-30(20-21-31(29)37(26)32(33)23-24-36(38)42)41-44-39(27-11-5-3-6-12-27)43-40(45-41)28-13-7-4-8-14-28/h3-25H,1-2H3. The summed E-state index contributed by atoms with van der Waals surface area (Å²) in [5, 5.41) is 7.52. The van der Waals surface area contributed by atoms with E-state index in [1.165, 1.54) is 49.2 Å². The lowest BCUT2D eigenvalue weighted by Gasteiger charge is -2.21. The van der Waals surface area contributed by atoms with Crippen LogP contribution < -0.4 is 0 Å². The number of hydrogen-bond acceptors (Lipinski definition) is 3. The van der Waals surface area contributed by atoms with Crippen molar-refractivity contribution in [1.29, 1.82) is 0 Å². The van der Waals surface area contributed by atoms with Gasteiger partial charge in [-0.1, -0.05) is 147 Å². The van der Waals surface area contributed by atoms with E-state index in [0.29, 0.717) is 17.5 Å². The third-order valence-corrected chi connectivity index (χ3v) is 9.50. The first-order valence-electron chi connectivity index (χ1n) is 15.5. The number of aromatic nitrogens is 3. The fourth-order valence-electron chi connectivity index (χ4n) is 7.25. The zero-order valence-electron chi connectivity index (χ0n) is 25.1. The van der Waals surface area contributed by atoms with Gasteiger partial charge in [0.15, 0.2) is 17.5 Å². The number of benzene rings is 7. The lowest BCUT2D eigenvalue weighted by atomic mass is 9.82. The first-order valence-corrected chi connectivity index (χ1v) is 15.5. The fraction of sp³-hybridized carbons (Fsp3) is 0.0714. The van der Waals surface area contributed by atoms with Crippen LogP contribution in [0.3, 0.4) is 0 Å². The van der Waals surface area contributed by atoms with Gasteiger partial charge in [0.25, 0.3) is 0 Å². The predicted molar refractivity (Wildman–Crippen MR) is 186 cm³/mol. The molecule has 0 amide bonds. The summed E-state index contributed by atoms with van der Waals surface area (Å²) in [5.74, 6) is 2.00. The molecular weight excluding hydrogens is 546 g/mol. The average Bonchev–Trinajstić information content (AvgIpc) is 3.34. The Morgan fingerprint density at radius 1 is 0.422 bits per heavy atom. The van der Waals surface area contributed by atoms with Crippen molar-refractivity contribution in [3.8, 4) is 45.3 Å². The largest absolute Gasteiger partial charge is 0.208 e. The summed E-state index contributed by atoms with van der Waals surface area (Å²) >= 11 is 0. The zero-order valence-corrected chi connectivity index (χ0v) is 25.1. The van der Waals surface area contributed by atoms with E-state index in [2.05, 4.69) is 92.7 Å². The highest BCUT2D eigenvalue weighted by atomic mass is 15.0. The highest BCUT2D eigenvalue weighted by Crippen LogP contribution is 2.52. The van der Waals surface area contributed by atoms with Crippen molar-refractivity contribution in [3.05, 3.63) is 151 Å². The van der Waals surface area contributed by atoms with Gasteiger partial charge in [-0.05, 0) is 60.6 Å². The molecule has 0 radical (unpaired) electrons. The second-order valence-electron chi connectivity index (χ2n) is 12.5. The van der Waals surface area contributed by atoms with Crippen LogP contribution in [0.5, 0.6) is 0 Å². The van der Waals surface area contributed by atoms with E-state index in [9.17, 15) is 0 Å². The van der Waals surface area contributed by atoms with Crippen molar-refractivity contribution in [2.45, 2.75) is 19.3 Å². The maximum absolute atomic E-state index is 4.97. The molecule has 0 saturated heterocycles. The topological polar surface area (TPSA) is 38.7 Å². The van der Waals surface area contributed by atoms with Gasteiger partial charge >= 0.3 is 0 Å². The number of nitrogens with zero attached hydrogens (tertiary/aromatic N) is 3. The van der Waals surface area contributed by atoms with Crippen molar-refractivity contribution in [2.24, 2.45) is 0 Å². The fourth-order valence-corrected chi connectivity index (χ4v) is 7.25. The number of hydrogen-bond donors (Lipinski definition) is 0. The Kier molecular flexibility index (Phi) is 5.54. The third-order valence-electron chi connectivity index (χ3n) is 9.50. The highest BCUT2D eigenvalue weighted by Gasteiger charge is 2.36. The van der Waals surface area contributed by atoms with Crippen LogP contribution in [0.15, 0.2) is 140 Å². The SMILES string of the molecule is CC1(C)c2ccccc2-c2c1ccc1c2ccc2ccc3cc(-c4nc(-c5ccccc5)nc(-c5ccccc5)n4)ccc3c21. The second-order valence-corrected chi connectivity index (χ2v) is 12.5. The van der Waals surface area contributed by atoms with Crippen molar-refractivity contribution in [2.75, 3.05) is 0 Å². The van der Waals surface area contributed by atoms with Gasteiger partial charge in [-0.2, -0.15) is 0 Å². The molecule has 0 unspecified atom stereocenters. The van der Waals surface area contributed by atoms with Gasteiger partial charge in [0.2, 0.25) is 0 Å². The Labute approximate surface area is 261 Å². The van der Waals surface area contributed by atoms with E-state index in [4.69, 9.17) is 15.0 Å². The molecule has 1 heterocycles. The van der Waals surface area contributed by atoms with Crippen LogP contribution >= 0.6 is 0 Å². The van der Waals surface area contributed by atoms with Gasteiger partial charge in [0.05, 0.1) is 0 Å². The third kappa shape index (κ3) is 3.94. The minimum Gasteiger partial charge on any atom is -0.208 e. The molecule has 3 nitrogen and oxygen atoms in total. The maximum atomic E-state index is 4.97. The molecule has 1 aliphatic carbocycles. The number of fused-ring (bicyclic) bond motifs is 9. The Bertz CT molecular complexity index is 2390. The first-order chi connectivity index (χ1) is 22.1. The van der Waals surface area contributed by atoms with Crippen LogP contribution in [0.1, 0.15) is 25.0 Å². The van der Waals surface area contributed by atoms with Crippen molar-refractivity contribution < 1.29 is 0 Å². The molecular formula is C42H29N3. The van der Waals surface area contributed by atoms with Crippen molar-refractivity contribution in [1.82, 2.24) is 15.0 Å². The van der Waals surface area contributed by atoms with E-state index in [0.717, 1.165) is 22.1 Å². The van der Waals surface area contributed by atoms with Gasteiger partial charge in [-0.25, -0.2) is 15.0 Å². The number of rotatable bonds is 3. The van der Waals surface area contributed by atoms with Crippen LogP contribution in [0.25, 0.3) is 77.6 Å². The van der Waals surface area contributed by atoms with Crippen LogP contribution in [0.4, 0.5) is 0 Å². The Morgan fingerprint density at radius 3 is 1.69 bits per heavy atom. The van der Waals surface area contributed by atoms with Gasteiger partial charge in [-0.3, -0.25) is 0 Å². The van der Waals surface area contributed by atoms with E-state index in [1.807, 2.05) is 60.7 Å². The molecule has 0 atom stereocenters. The summed E-state index contributed by atoms with van der Waals surface area (Å²) in [6.45, 7) is 4.68. The predicted octanol–water partition coefficient (Wildman–Crippen LogP) is 10.6. The van der Waals surface area contributed by atoms with Gasteiger partial charge in [0, 0.05) is 22.1 Å². The smallest absolute Gasteiger partial charge is 0.164 e.